The highest BCUT2D eigenvalue weighted by molar-refractivity contribution is 6.30. The number of halogens is 2. The Labute approximate surface area is 200 Å². The normalized spacial score (nSPS) is 11.9. The molecule has 2 N–H and O–H groups in total. The van der Waals surface area contributed by atoms with E-state index in [2.05, 4.69) is 20.3 Å². The number of hydrogen-bond donors (Lipinski definition) is 2. The summed E-state index contributed by atoms with van der Waals surface area (Å²) in [7, 11) is 0. The third-order valence-corrected chi connectivity index (χ3v) is 5.98. The van der Waals surface area contributed by atoms with Gasteiger partial charge in [-0.15, -0.1) is 0 Å². The van der Waals surface area contributed by atoms with Crippen LogP contribution in [0.2, 0.25) is 5.02 Å². The Balaban J connectivity index is 1.65. The highest BCUT2D eigenvalue weighted by Crippen LogP contribution is 2.26. The average molecular weight is 480 g/mol. The predicted molar refractivity (Wildman–Crippen MR) is 130 cm³/mol. The van der Waals surface area contributed by atoms with Gasteiger partial charge in [0.25, 0.3) is 5.56 Å². The molecule has 0 fully saturated rings. The molecule has 0 bridgehead atoms. The van der Waals surface area contributed by atoms with Gasteiger partial charge in [0.15, 0.2) is 0 Å². The van der Waals surface area contributed by atoms with E-state index in [0.29, 0.717) is 22.8 Å². The van der Waals surface area contributed by atoms with Crippen LogP contribution < -0.4 is 10.9 Å². The molecular weight excluding hydrogens is 457 g/mol. The van der Waals surface area contributed by atoms with Crippen LogP contribution in [0, 0.1) is 19.7 Å². The minimum atomic E-state index is -0.576. The summed E-state index contributed by atoms with van der Waals surface area (Å²) in [6.45, 7) is 3.72. The predicted octanol–water partition coefficient (Wildman–Crippen LogP) is 4.83. The van der Waals surface area contributed by atoms with Crippen molar-refractivity contribution in [3.05, 3.63) is 99.1 Å². The van der Waals surface area contributed by atoms with Gasteiger partial charge >= 0.3 is 0 Å². The Kier molecular flexibility index (Phi) is 7.00. The van der Waals surface area contributed by atoms with Crippen LogP contribution in [0.25, 0.3) is 11.3 Å². The Hall–Kier alpha value is -3.62. The summed E-state index contributed by atoms with van der Waals surface area (Å²) in [5.41, 5.74) is 4.17. The number of hydrogen-bond acceptors (Lipinski definition) is 6. The number of rotatable bonds is 7. The number of benzene rings is 1. The molecule has 1 aromatic carbocycles. The zero-order chi connectivity index (χ0) is 24.2. The van der Waals surface area contributed by atoms with Crippen molar-refractivity contribution in [2.45, 2.75) is 26.3 Å². The zero-order valence-electron chi connectivity index (χ0n) is 18.7. The van der Waals surface area contributed by atoms with Gasteiger partial charge in [-0.25, -0.2) is 14.4 Å². The van der Waals surface area contributed by atoms with Crippen molar-refractivity contribution in [3.63, 3.8) is 0 Å². The second-order valence-electron chi connectivity index (χ2n) is 7.82. The Morgan fingerprint density at radius 3 is 2.65 bits per heavy atom. The molecule has 0 unspecified atom stereocenters. The summed E-state index contributed by atoms with van der Waals surface area (Å²) < 4.78 is 15.5. The number of aryl methyl sites for hydroxylation is 1. The Morgan fingerprint density at radius 1 is 1.12 bits per heavy atom. The van der Waals surface area contributed by atoms with Crippen LogP contribution >= 0.6 is 11.6 Å². The zero-order valence-corrected chi connectivity index (χ0v) is 19.4. The van der Waals surface area contributed by atoms with Gasteiger partial charge in [-0.1, -0.05) is 17.7 Å². The first-order chi connectivity index (χ1) is 16.4. The van der Waals surface area contributed by atoms with Crippen LogP contribution in [0.5, 0.6) is 0 Å². The lowest BCUT2D eigenvalue weighted by molar-refractivity contribution is 0.266. The molecular formula is C25H23ClFN5O2. The lowest BCUT2D eigenvalue weighted by atomic mass is 10.0. The fourth-order valence-electron chi connectivity index (χ4n) is 3.69. The summed E-state index contributed by atoms with van der Waals surface area (Å²) >= 11 is 5.80. The first-order valence-corrected chi connectivity index (χ1v) is 11.1. The van der Waals surface area contributed by atoms with E-state index in [1.54, 1.807) is 36.8 Å². The Bertz CT molecular complexity index is 1390. The van der Waals surface area contributed by atoms with E-state index in [9.17, 15) is 14.3 Å². The molecule has 9 heteroatoms. The van der Waals surface area contributed by atoms with Crippen LogP contribution in [-0.4, -0.2) is 31.2 Å². The molecule has 3 heterocycles. The van der Waals surface area contributed by atoms with Crippen molar-refractivity contribution >= 4 is 23.2 Å². The molecule has 4 aromatic rings. The van der Waals surface area contributed by atoms with Crippen molar-refractivity contribution in [1.82, 2.24) is 19.5 Å². The van der Waals surface area contributed by atoms with Gasteiger partial charge < -0.3 is 15.0 Å². The van der Waals surface area contributed by atoms with Crippen molar-refractivity contribution in [1.29, 1.82) is 0 Å². The second kappa shape index (κ2) is 10.1. The number of nitrogens with zero attached hydrogens (tertiary/aromatic N) is 4. The van der Waals surface area contributed by atoms with E-state index in [4.69, 9.17) is 11.6 Å². The monoisotopic (exact) mass is 479 g/mol. The quantitative estimate of drug-likeness (QED) is 0.394. The summed E-state index contributed by atoms with van der Waals surface area (Å²) in [4.78, 5) is 26.1. The van der Waals surface area contributed by atoms with E-state index in [1.165, 1.54) is 22.8 Å². The number of aliphatic hydroxyl groups excluding tert-OH is 1. The van der Waals surface area contributed by atoms with Crippen LogP contribution in [0.3, 0.4) is 0 Å². The molecule has 0 aliphatic heterocycles. The van der Waals surface area contributed by atoms with Gasteiger partial charge in [-0.2, -0.15) is 0 Å². The number of aromatic nitrogens is 4. The molecule has 174 valence electrons. The van der Waals surface area contributed by atoms with E-state index < -0.39 is 11.9 Å². The van der Waals surface area contributed by atoms with Gasteiger partial charge in [-0.3, -0.25) is 9.78 Å². The molecule has 0 aliphatic rings. The van der Waals surface area contributed by atoms with Crippen molar-refractivity contribution in [2.75, 3.05) is 11.9 Å². The summed E-state index contributed by atoms with van der Waals surface area (Å²) in [5, 5.41) is 12.7. The van der Waals surface area contributed by atoms with E-state index >= 15 is 0 Å². The van der Waals surface area contributed by atoms with E-state index in [0.717, 1.165) is 16.9 Å². The molecule has 0 saturated heterocycles. The summed E-state index contributed by atoms with van der Waals surface area (Å²) in [5.74, 6) is -0.183. The molecule has 0 saturated carbocycles. The van der Waals surface area contributed by atoms with Crippen LogP contribution in [0.1, 0.15) is 29.3 Å². The number of anilines is 2. The van der Waals surface area contributed by atoms with Crippen LogP contribution in [0.15, 0.2) is 65.8 Å². The maximum absolute atomic E-state index is 14.0. The highest BCUT2D eigenvalue weighted by atomic mass is 35.5. The van der Waals surface area contributed by atoms with Gasteiger partial charge in [0, 0.05) is 48.2 Å². The van der Waals surface area contributed by atoms with Gasteiger partial charge in [0.05, 0.1) is 16.8 Å². The third-order valence-electron chi connectivity index (χ3n) is 5.67. The molecule has 3 aromatic heterocycles. The summed E-state index contributed by atoms with van der Waals surface area (Å²) in [6, 6.07) is 10.6. The number of aliphatic hydroxyl groups is 1. The molecule has 0 spiro atoms. The van der Waals surface area contributed by atoms with Crippen molar-refractivity contribution < 1.29 is 9.50 Å². The van der Waals surface area contributed by atoms with Gasteiger partial charge in [0.1, 0.15) is 5.82 Å². The van der Waals surface area contributed by atoms with Gasteiger partial charge in [0.2, 0.25) is 5.95 Å². The molecule has 0 radical (unpaired) electrons. The molecule has 4 rings (SSSR count). The second-order valence-corrected chi connectivity index (χ2v) is 8.23. The largest absolute Gasteiger partial charge is 0.396 e. The van der Waals surface area contributed by atoms with Gasteiger partial charge in [-0.05, 0) is 61.7 Å². The molecule has 0 aliphatic carbocycles. The minimum Gasteiger partial charge on any atom is -0.396 e. The molecule has 34 heavy (non-hydrogen) atoms. The maximum Gasteiger partial charge on any atom is 0.251 e. The first kappa shape index (κ1) is 23.5. The van der Waals surface area contributed by atoms with Crippen molar-refractivity contribution in [3.8, 4) is 11.3 Å². The molecule has 7 nitrogen and oxygen atoms in total. The fourth-order valence-corrected chi connectivity index (χ4v) is 3.81. The number of pyridine rings is 2. The van der Waals surface area contributed by atoms with Crippen LogP contribution in [0.4, 0.5) is 16.0 Å². The standard InChI is InChI=1S/C25H23ClFN5O2/c1-15-16(2)28-9-5-21(15)30-25-29-10-6-22(31-25)17-7-11-32(24(34)14-17)23(8-12-33)18-3-4-19(26)20(27)13-18/h3-7,9-11,13-14,23,33H,8,12H2,1-2H3,(H,28,29,30,31)/t23-/m1/s1. The average Bonchev–Trinajstić information content (AvgIpc) is 2.83. The van der Waals surface area contributed by atoms with E-state index in [-0.39, 0.29) is 23.6 Å². The van der Waals surface area contributed by atoms with Crippen molar-refractivity contribution in [2.24, 2.45) is 0 Å². The smallest absolute Gasteiger partial charge is 0.251 e. The highest BCUT2D eigenvalue weighted by Gasteiger charge is 2.17. The molecule has 1 atom stereocenters. The van der Waals surface area contributed by atoms with Crippen LogP contribution in [-0.2, 0) is 0 Å². The summed E-state index contributed by atoms with van der Waals surface area (Å²) in [6.07, 6.45) is 5.19. The lowest BCUT2D eigenvalue weighted by Crippen LogP contribution is -2.25. The maximum atomic E-state index is 14.0. The SMILES string of the molecule is Cc1nccc(Nc2nccc(-c3ccn([C@H](CCO)c4ccc(Cl)c(F)c4)c(=O)c3)n2)c1C. The lowest BCUT2D eigenvalue weighted by Gasteiger charge is -2.20. The van der Waals surface area contributed by atoms with E-state index in [1.807, 2.05) is 19.9 Å². The fraction of sp³-hybridized carbons (Fsp3) is 0.200. The topological polar surface area (TPSA) is 92.9 Å². The minimum absolute atomic E-state index is 0.000474. The molecule has 0 amide bonds. The Morgan fingerprint density at radius 2 is 1.91 bits per heavy atom. The first-order valence-electron chi connectivity index (χ1n) is 10.7. The number of nitrogens with one attached hydrogen (secondary N) is 1. The third kappa shape index (κ3) is 4.98.